The van der Waals surface area contributed by atoms with Crippen LogP contribution in [0.2, 0.25) is 0 Å². The first-order valence-corrected chi connectivity index (χ1v) is 9.17. The maximum Gasteiger partial charge on any atom is 0.264 e. The zero-order valence-corrected chi connectivity index (χ0v) is 15.4. The Hall–Kier alpha value is -3.06. The van der Waals surface area contributed by atoms with E-state index in [1.165, 1.54) is 17.3 Å². The van der Waals surface area contributed by atoms with Crippen molar-refractivity contribution >= 4 is 40.6 Å². The summed E-state index contributed by atoms with van der Waals surface area (Å²) in [7, 11) is 0. The molecule has 0 spiro atoms. The Bertz CT molecular complexity index is 920. The number of hydrogen-bond donors (Lipinski definition) is 1. The van der Waals surface area contributed by atoms with Crippen LogP contribution >= 0.6 is 11.8 Å². The smallest absolute Gasteiger partial charge is 0.264 e. The molecule has 7 heteroatoms. The minimum absolute atomic E-state index is 0.265. The number of amidine groups is 1. The Labute approximate surface area is 161 Å². The Balaban J connectivity index is 1.79. The molecule has 1 aliphatic rings. The fourth-order valence-electron chi connectivity index (χ4n) is 2.41. The van der Waals surface area contributed by atoms with Crippen molar-refractivity contribution < 1.29 is 19.4 Å². The lowest BCUT2D eigenvalue weighted by Gasteiger charge is -2.09. The van der Waals surface area contributed by atoms with E-state index in [4.69, 9.17) is 4.74 Å². The minimum Gasteiger partial charge on any atom is -0.546 e. The Kier molecular flexibility index (Phi) is 5.93. The van der Waals surface area contributed by atoms with Crippen LogP contribution in [0.5, 0.6) is 5.75 Å². The number of nitrogens with zero attached hydrogens (tertiary/aromatic N) is 1. The number of carboxylic acids is 1. The topological polar surface area (TPSA) is 90.8 Å². The van der Waals surface area contributed by atoms with Gasteiger partial charge in [0.2, 0.25) is 0 Å². The second-order valence-corrected chi connectivity index (χ2v) is 6.73. The molecular formula is C20H17N2O4S-. The van der Waals surface area contributed by atoms with Crippen LogP contribution in [-0.4, -0.2) is 23.7 Å². The lowest BCUT2D eigenvalue weighted by molar-refractivity contribution is -0.307. The number of carbonyl (C=O) groups excluding carboxylic acids is 2. The van der Waals surface area contributed by atoms with Crippen LogP contribution in [0.15, 0.2) is 58.4 Å². The molecule has 1 fully saturated rings. The number of hydrogen-bond acceptors (Lipinski definition) is 6. The molecule has 0 aliphatic carbocycles. The summed E-state index contributed by atoms with van der Waals surface area (Å²) in [4.78, 5) is 27.7. The van der Waals surface area contributed by atoms with Gasteiger partial charge in [-0.2, -0.15) is 0 Å². The molecule has 2 aromatic carbocycles. The van der Waals surface area contributed by atoms with Gasteiger partial charge in [-0.3, -0.25) is 4.79 Å². The number of aliphatic imine (C=N–C) groups is 1. The first kappa shape index (κ1) is 18.7. The van der Waals surface area contributed by atoms with Crippen molar-refractivity contribution in [2.75, 3.05) is 6.61 Å². The van der Waals surface area contributed by atoms with Gasteiger partial charge in [-0.25, -0.2) is 4.99 Å². The van der Waals surface area contributed by atoms with E-state index in [0.717, 1.165) is 12.1 Å². The van der Waals surface area contributed by atoms with Gasteiger partial charge in [0.1, 0.15) is 12.4 Å². The third-order valence-corrected chi connectivity index (χ3v) is 4.69. The number of benzene rings is 2. The van der Waals surface area contributed by atoms with Crippen molar-refractivity contribution in [3.05, 3.63) is 64.6 Å². The van der Waals surface area contributed by atoms with Crippen molar-refractivity contribution in [3.8, 4) is 5.75 Å². The van der Waals surface area contributed by atoms with Crippen molar-refractivity contribution in [3.63, 3.8) is 0 Å². The van der Waals surface area contributed by atoms with Crippen LogP contribution in [0.4, 0.5) is 5.69 Å². The standard InChI is InChI=1S/C20H18N2O4S/c1-2-13-7-9-15(10-8-13)21-20-22-19(25)17(27-20)11-14-5-3-4-6-16(14)26-12-18(23)24/h3-11H,2,12H2,1H3,(H,23,24)(H,21,22,25)/p-1/b17-11+. The van der Waals surface area contributed by atoms with Crippen molar-refractivity contribution in [2.24, 2.45) is 4.99 Å². The third kappa shape index (κ3) is 4.98. The predicted octanol–water partition coefficient (Wildman–Crippen LogP) is 2.27. The molecule has 1 saturated heterocycles. The molecule has 138 valence electrons. The van der Waals surface area contributed by atoms with E-state index in [1.54, 1.807) is 30.3 Å². The molecule has 0 saturated carbocycles. The van der Waals surface area contributed by atoms with Gasteiger partial charge >= 0.3 is 0 Å². The highest BCUT2D eigenvalue weighted by atomic mass is 32.2. The summed E-state index contributed by atoms with van der Waals surface area (Å²) in [5.74, 6) is -1.21. The van der Waals surface area contributed by atoms with E-state index in [2.05, 4.69) is 17.2 Å². The molecule has 2 aromatic rings. The van der Waals surface area contributed by atoms with Gasteiger partial charge in [-0.1, -0.05) is 37.3 Å². The number of thioether (sulfide) groups is 1. The summed E-state index contributed by atoms with van der Waals surface area (Å²) in [5.41, 5.74) is 2.58. The van der Waals surface area contributed by atoms with Crippen LogP contribution < -0.4 is 15.2 Å². The maximum atomic E-state index is 12.2. The molecule has 0 bridgehead atoms. The summed E-state index contributed by atoms with van der Waals surface area (Å²) in [6, 6.07) is 14.7. The third-order valence-electron chi connectivity index (χ3n) is 3.78. The Morgan fingerprint density at radius 1 is 1.22 bits per heavy atom. The second kappa shape index (κ2) is 8.55. The summed E-state index contributed by atoms with van der Waals surface area (Å²) >= 11 is 1.22. The molecule has 1 amide bonds. The first-order chi connectivity index (χ1) is 13.0. The minimum atomic E-state index is -1.31. The van der Waals surface area contributed by atoms with E-state index >= 15 is 0 Å². The van der Waals surface area contributed by atoms with Crippen LogP contribution in [0.1, 0.15) is 18.1 Å². The molecule has 0 atom stereocenters. The quantitative estimate of drug-likeness (QED) is 0.775. The zero-order chi connectivity index (χ0) is 19.2. The molecule has 1 aliphatic heterocycles. The maximum absolute atomic E-state index is 12.2. The molecule has 0 radical (unpaired) electrons. The first-order valence-electron chi connectivity index (χ1n) is 8.35. The number of ether oxygens (including phenoxy) is 1. The highest BCUT2D eigenvalue weighted by Crippen LogP contribution is 2.30. The molecular weight excluding hydrogens is 364 g/mol. The summed E-state index contributed by atoms with van der Waals surface area (Å²) in [5, 5.41) is 13.8. The van der Waals surface area contributed by atoms with E-state index in [0.29, 0.717) is 21.4 Å². The van der Waals surface area contributed by atoms with E-state index in [-0.39, 0.29) is 5.91 Å². The van der Waals surface area contributed by atoms with Gasteiger partial charge in [-0.15, -0.1) is 0 Å². The normalized spacial score (nSPS) is 16.6. The lowest BCUT2D eigenvalue weighted by atomic mass is 10.2. The van der Waals surface area contributed by atoms with Crippen LogP contribution in [-0.2, 0) is 16.0 Å². The van der Waals surface area contributed by atoms with Gasteiger partial charge in [0.25, 0.3) is 5.91 Å². The number of amides is 1. The summed E-state index contributed by atoms with van der Waals surface area (Å²) in [6.07, 6.45) is 2.60. The number of para-hydroxylation sites is 1. The number of rotatable bonds is 6. The second-order valence-electron chi connectivity index (χ2n) is 5.70. The number of carbonyl (C=O) groups is 2. The molecule has 27 heavy (non-hydrogen) atoms. The number of aryl methyl sites for hydroxylation is 1. The van der Waals surface area contributed by atoms with E-state index < -0.39 is 12.6 Å². The highest BCUT2D eigenvalue weighted by Gasteiger charge is 2.24. The van der Waals surface area contributed by atoms with Crippen molar-refractivity contribution in [1.82, 2.24) is 5.32 Å². The molecule has 0 unspecified atom stereocenters. The predicted molar refractivity (Wildman–Crippen MR) is 104 cm³/mol. The SMILES string of the molecule is CCc1ccc(N=C2NC(=O)/C(=C\c3ccccc3OCC(=O)[O-])S2)cc1. The van der Waals surface area contributed by atoms with E-state index in [1.807, 2.05) is 24.3 Å². The molecule has 0 aromatic heterocycles. The highest BCUT2D eigenvalue weighted by molar-refractivity contribution is 8.18. The van der Waals surface area contributed by atoms with Crippen LogP contribution in [0.25, 0.3) is 6.08 Å². The largest absolute Gasteiger partial charge is 0.546 e. The average Bonchev–Trinajstić information content (AvgIpc) is 3.00. The number of nitrogens with one attached hydrogen (secondary N) is 1. The van der Waals surface area contributed by atoms with Gasteiger partial charge in [-0.05, 0) is 48.0 Å². The number of carboxylic acid groups (broad SMARTS) is 1. The summed E-state index contributed by atoms with van der Waals surface area (Å²) < 4.78 is 5.21. The van der Waals surface area contributed by atoms with Gasteiger partial charge in [0.05, 0.1) is 16.6 Å². The summed E-state index contributed by atoms with van der Waals surface area (Å²) in [6.45, 7) is 1.53. The molecule has 1 N–H and O–H groups in total. The Morgan fingerprint density at radius 2 is 1.96 bits per heavy atom. The molecule has 3 rings (SSSR count). The number of aliphatic carboxylic acids is 1. The van der Waals surface area contributed by atoms with Crippen molar-refractivity contribution in [1.29, 1.82) is 0 Å². The Morgan fingerprint density at radius 3 is 2.67 bits per heavy atom. The molecule has 1 heterocycles. The average molecular weight is 381 g/mol. The van der Waals surface area contributed by atoms with Gasteiger partial charge in [0, 0.05) is 5.56 Å². The van der Waals surface area contributed by atoms with Crippen LogP contribution in [0.3, 0.4) is 0 Å². The zero-order valence-electron chi connectivity index (χ0n) is 14.6. The lowest BCUT2D eigenvalue weighted by Crippen LogP contribution is -2.29. The fraction of sp³-hybridized carbons (Fsp3) is 0.150. The van der Waals surface area contributed by atoms with Gasteiger partial charge < -0.3 is 20.0 Å². The van der Waals surface area contributed by atoms with Crippen molar-refractivity contribution in [2.45, 2.75) is 13.3 Å². The van der Waals surface area contributed by atoms with E-state index in [9.17, 15) is 14.7 Å². The molecule has 6 nitrogen and oxygen atoms in total. The fourth-order valence-corrected chi connectivity index (χ4v) is 3.25. The monoisotopic (exact) mass is 381 g/mol. The van der Waals surface area contributed by atoms with Crippen LogP contribution in [0, 0.1) is 0 Å². The van der Waals surface area contributed by atoms with Gasteiger partial charge in [0.15, 0.2) is 5.17 Å².